The molecule has 2 aromatic rings. The number of carbonyl (C=O) groups excluding carboxylic acids is 2. The van der Waals surface area contributed by atoms with Crippen LogP contribution in [0, 0.1) is 24.0 Å². The zero-order chi connectivity index (χ0) is 21.7. The average Bonchev–Trinajstić information content (AvgIpc) is 2.71. The zero-order valence-electron chi connectivity index (χ0n) is 17.3. The Bertz CT molecular complexity index is 952. The molecule has 1 heterocycles. The van der Waals surface area contributed by atoms with Gasteiger partial charge in [0.15, 0.2) is 0 Å². The summed E-state index contributed by atoms with van der Waals surface area (Å²) in [6, 6.07) is 12.6. The number of anilines is 1. The van der Waals surface area contributed by atoms with Gasteiger partial charge in [-0.1, -0.05) is 30.3 Å². The third kappa shape index (κ3) is 5.42. The first-order valence-electron chi connectivity index (χ1n) is 9.93. The molecule has 0 unspecified atom stereocenters. The lowest BCUT2D eigenvalue weighted by molar-refractivity contribution is -0.384. The van der Waals surface area contributed by atoms with Crippen LogP contribution in [-0.4, -0.2) is 59.3 Å². The minimum atomic E-state index is -0.499. The van der Waals surface area contributed by atoms with Gasteiger partial charge in [0.2, 0.25) is 11.8 Å². The normalized spacial score (nSPS) is 14.4. The molecule has 30 heavy (non-hydrogen) atoms. The van der Waals surface area contributed by atoms with Crippen molar-refractivity contribution >= 4 is 23.2 Å². The van der Waals surface area contributed by atoms with Crippen LogP contribution in [0.5, 0.6) is 0 Å². The molecule has 8 heteroatoms. The maximum atomic E-state index is 12.6. The molecule has 1 saturated heterocycles. The van der Waals surface area contributed by atoms with Crippen LogP contribution < -0.4 is 5.32 Å². The fourth-order valence-electron chi connectivity index (χ4n) is 3.53. The number of carbonyl (C=O) groups is 2. The molecule has 1 fully saturated rings. The van der Waals surface area contributed by atoms with Gasteiger partial charge >= 0.3 is 0 Å². The highest BCUT2D eigenvalue weighted by atomic mass is 16.6. The molecule has 1 N–H and O–H groups in total. The highest BCUT2D eigenvalue weighted by molar-refractivity contribution is 5.94. The summed E-state index contributed by atoms with van der Waals surface area (Å²) in [4.78, 5) is 39.4. The van der Waals surface area contributed by atoms with Crippen molar-refractivity contribution in [1.29, 1.82) is 0 Å². The maximum Gasteiger partial charge on any atom is 0.293 e. The van der Waals surface area contributed by atoms with E-state index in [9.17, 15) is 19.7 Å². The molecule has 1 aliphatic rings. The first-order valence-corrected chi connectivity index (χ1v) is 9.93. The number of nitro benzene ring substituents is 1. The van der Waals surface area contributed by atoms with Gasteiger partial charge in [-0.3, -0.25) is 24.6 Å². The maximum absolute atomic E-state index is 12.6. The average molecular weight is 410 g/mol. The predicted molar refractivity (Wildman–Crippen MR) is 114 cm³/mol. The SMILES string of the molecule is Cc1ccc(NC(=O)CN2CCN(C(=O)Cc3ccccc3C)CC2)c([N+](=O)[O-])c1. The van der Waals surface area contributed by atoms with Crippen LogP contribution in [0.4, 0.5) is 11.4 Å². The van der Waals surface area contributed by atoms with Gasteiger partial charge in [0.05, 0.1) is 17.9 Å². The fourth-order valence-corrected chi connectivity index (χ4v) is 3.53. The first kappa shape index (κ1) is 21.4. The lowest BCUT2D eigenvalue weighted by Gasteiger charge is -2.34. The van der Waals surface area contributed by atoms with Gasteiger partial charge in [-0.2, -0.15) is 0 Å². The Morgan fingerprint density at radius 2 is 1.77 bits per heavy atom. The molecule has 0 aromatic heterocycles. The molecule has 0 atom stereocenters. The van der Waals surface area contributed by atoms with E-state index >= 15 is 0 Å². The van der Waals surface area contributed by atoms with E-state index in [2.05, 4.69) is 5.32 Å². The number of amides is 2. The second kappa shape index (κ2) is 9.49. The molecule has 0 radical (unpaired) electrons. The molecule has 8 nitrogen and oxygen atoms in total. The summed E-state index contributed by atoms with van der Waals surface area (Å²) in [5.41, 5.74) is 2.97. The Hall–Kier alpha value is -3.26. The van der Waals surface area contributed by atoms with Crippen LogP contribution in [0.2, 0.25) is 0 Å². The van der Waals surface area contributed by atoms with Crippen molar-refractivity contribution in [3.05, 3.63) is 69.3 Å². The molecule has 0 saturated carbocycles. The molecule has 1 aliphatic heterocycles. The second-order valence-corrected chi connectivity index (χ2v) is 7.59. The summed E-state index contributed by atoms with van der Waals surface area (Å²) >= 11 is 0. The van der Waals surface area contributed by atoms with E-state index in [1.807, 2.05) is 41.0 Å². The van der Waals surface area contributed by atoms with Crippen molar-refractivity contribution in [1.82, 2.24) is 9.80 Å². The van der Waals surface area contributed by atoms with E-state index < -0.39 is 4.92 Å². The van der Waals surface area contributed by atoms with Crippen LogP contribution in [-0.2, 0) is 16.0 Å². The number of nitro groups is 1. The summed E-state index contributed by atoms with van der Waals surface area (Å²) in [6.07, 6.45) is 0.379. The van der Waals surface area contributed by atoms with E-state index in [1.165, 1.54) is 6.07 Å². The number of benzene rings is 2. The highest BCUT2D eigenvalue weighted by Gasteiger charge is 2.23. The molecule has 2 aromatic carbocycles. The number of aryl methyl sites for hydroxylation is 2. The van der Waals surface area contributed by atoms with Crippen molar-refractivity contribution < 1.29 is 14.5 Å². The smallest absolute Gasteiger partial charge is 0.293 e. The van der Waals surface area contributed by atoms with E-state index in [0.717, 1.165) is 16.7 Å². The first-order chi connectivity index (χ1) is 14.3. The Labute approximate surface area is 175 Å². The predicted octanol–water partition coefficient (Wildman–Crippen LogP) is 2.54. The van der Waals surface area contributed by atoms with E-state index in [-0.39, 0.29) is 29.7 Å². The highest BCUT2D eigenvalue weighted by Crippen LogP contribution is 2.25. The number of hydrogen-bond acceptors (Lipinski definition) is 5. The van der Waals surface area contributed by atoms with Gasteiger partial charge in [0.1, 0.15) is 5.69 Å². The third-order valence-electron chi connectivity index (χ3n) is 5.32. The molecule has 0 aliphatic carbocycles. The van der Waals surface area contributed by atoms with Gasteiger partial charge in [-0.05, 0) is 36.6 Å². The molecule has 0 bridgehead atoms. The molecule has 158 valence electrons. The van der Waals surface area contributed by atoms with Crippen molar-refractivity contribution in [2.75, 3.05) is 38.0 Å². The topological polar surface area (TPSA) is 95.8 Å². The standard InChI is InChI=1S/C22H26N4O4/c1-16-7-8-19(20(13-16)26(29)30)23-21(27)15-24-9-11-25(12-10-24)22(28)14-18-6-4-3-5-17(18)2/h3-8,13H,9-12,14-15H2,1-2H3,(H,23,27). The number of nitrogens with one attached hydrogen (secondary N) is 1. The van der Waals surface area contributed by atoms with E-state index in [0.29, 0.717) is 32.6 Å². The van der Waals surface area contributed by atoms with Crippen molar-refractivity contribution in [2.24, 2.45) is 0 Å². The molecule has 2 amide bonds. The summed E-state index contributed by atoms with van der Waals surface area (Å²) in [5.74, 6) is -0.217. The number of nitrogens with zero attached hydrogens (tertiary/aromatic N) is 3. The third-order valence-corrected chi connectivity index (χ3v) is 5.32. The van der Waals surface area contributed by atoms with Gasteiger partial charge < -0.3 is 10.2 Å². The number of rotatable bonds is 6. The zero-order valence-corrected chi connectivity index (χ0v) is 17.3. The van der Waals surface area contributed by atoms with Crippen LogP contribution in [0.3, 0.4) is 0 Å². The molecular formula is C22H26N4O4. The van der Waals surface area contributed by atoms with Gasteiger partial charge in [-0.25, -0.2) is 0 Å². The van der Waals surface area contributed by atoms with Crippen molar-refractivity contribution in [3.63, 3.8) is 0 Å². The summed E-state index contributed by atoms with van der Waals surface area (Å²) in [5, 5.41) is 13.8. The van der Waals surface area contributed by atoms with Gasteiger partial charge in [0, 0.05) is 32.2 Å². The Kier molecular flexibility index (Phi) is 6.79. The van der Waals surface area contributed by atoms with Crippen LogP contribution in [0.15, 0.2) is 42.5 Å². The number of hydrogen-bond donors (Lipinski definition) is 1. The van der Waals surface area contributed by atoms with Gasteiger partial charge in [0.25, 0.3) is 5.69 Å². The summed E-state index contributed by atoms with van der Waals surface area (Å²) < 4.78 is 0. The quantitative estimate of drug-likeness (QED) is 0.583. The largest absolute Gasteiger partial charge is 0.340 e. The summed E-state index contributed by atoms with van der Waals surface area (Å²) in [7, 11) is 0. The Balaban J connectivity index is 1.50. The number of piperazine rings is 1. The van der Waals surface area contributed by atoms with Crippen molar-refractivity contribution in [3.8, 4) is 0 Å². The van der Waals surface area contributed by atoms with Gasteiger partial charge in [-0.15, -0.1) is 0 Å². The molecular weight excluding hydrogens is 384 g/mol. The fraction of sp³-hybridized carbons (Fsp3) is 0.364. The van der Waals surface area contributed by atoms with E-state index in [4.69, 9.17) is 0 Å². The minimum Gasteiger partial charge on any atom is -0.340 e. The monoisotopic (exact) mass is 410 g/mol. The van der Waals surface area contributed by atoms with Crippen LogP contribution in [0.1, 0.15) is 16.7 Å². The minimum absolute atomic E-state index is 0.0867. The Morgan fingerprint density at radius 1 is 1.07 bits per heavy atom. The lowest BCUT2D eigenvalue weighted by Crippen LogP contribution is -2.50. The van der Waals surface area contributed by atoms with Crippen LogP contribution >= 0.6 is 0 Å². The van der Waals surface area contributed by atoms with E-state index in [1.54, 1.807) is 19.1 Å². The molecule has 3 rings (SSSR count). The second-order valence-electron chi connectivity index (χ2n) is 7.59. The Morgan fingerprint density at radius 3 is 2.43 bits per heavy atom. The van der Waals surface area contributed by atoms with Crippen molar-refractivity contribution in [2.45, 2.75) is 20.3 Å². The summed E-state index contributed by atoms with van der Waals surface area (Å²) in [6.45, 7) is 6.18. The molecule has 0 spiro atoms. The van der Waals surface area contributed by atoms with Crippen LogP contribution in [0.25, 0.3) is 0 Å². The lowest BCUT2D eigenvalue weighted by atomic mass is 10.1.